The Kier molecular flexibility index (Phi) is 16.4. The molecule has 0 unspecified atom stereocenters. The number of carboxylic acids is 1. The summed E-state index contributed by atoms with van der Waals surface area (Å²) in [5.41, 5.74) is 0. The standard InChI is InChI=1S/C20H36O3/c1-2-3-4-5-6-7-8-9-10-11-12-13-14-15-16-17-18-19(21)20(22)23/h7-10,19,21H,2-6,11-18H2,1H3,(H,22,23)/b8-7+,10-9-/t19-/m0/s1. The Bertz CT molecular complexity index is 321. The van der Waals surface area contributed by atoms with Gasteiger partial charge < -0.3 is 10.2 Å². The Morgan fingerprint density at radius 1 is 0.826 bits per heavy atom. The van der Waals surface area contributed by atoms with Crippen LogP contribution in [0.2, 0.25) is 0 Å². The topological polar surface area (TPSA) is 57.5 Å². The van der Waals surface area contributed by atoms with Crippen LogP contribution in [0.1, 0.15) is 90.4 Å². The Morgan fingerprint density at radius 2 is 1.30 bits per heavy atom. The van der Waals surface area contributed by atoms with E-state index in [1.54, 1.807) is 0 Å². The molecule has 0 aromatic heterocycles. The predicted molar refractivity (Wildman–Crippen MR) is 97.6 cm³/mol. The third-order valence-electron chi connectivity index (χ3n) is 3.99. The maximum Gasteiger partial charge on any atom is 0.332 e. The van der Waals surface area contributed by atoms with E-state index in [-0.39, 0.29) is 0 Å². The van der Waals surface area contributed by atoms with Crippen LogP contribution in [0.25, 0.3) is 0 Å². The highest BCUT2D eigenvalue weighted by atomic mass is 16.4. The maximum atomic E-state index is 10.4. The first-order valence-electron chi connectivity index (χ1n) is 9.41. The van der Waals surface area contributed by atoms with Gasteiger partial charge in [0.1, 0.15) is 0 Å². The lowest BCUT2D eigenvalue weighted by molar-refractivity contribution is -0.146. The summed E-state index contributed by atoms with van der Waals surface area (Å²) in [5, 5.41) is 17.7. The average molecular weight is 325 g/mol. The number of carbonyl (C=O) groups is 1. The Labute approximate surface area is 142 Å². The lowest BCUT2D eigenvalue weighted by Crippen LogP contribution is -2.18. The third-order valence-corrected chi connectivity index (χ3v) is 3.99. The van der Waals surface area contributed by atoms with E-state index in [4.69, 9.17) is 10.2 Å². The minimum Gasteiger partial charge on any atom is -0.479 e. The zero-order valence-corrected chi connectivity index (χ0v) is 14.9. The number of allylic oxidation sites excluding steroid dienone is 4. The van der Waals surface area contributed by atoms with E-state index in [9.17, 15) is 4.79 Å². The molecule has 0 fully saturated rings. The first-order chi connectivity index (χ1) is 11.2. The van der Waals surface area contributed by atoms with Crippen LogP contribution >= 0.6 is 0 Å². The van der Waals surface area contributed by atoms with Crippen LogP contribution in [0.15, 0.2) is 24.3 Å². The van der Waals surface area contributed by atoms with E-state index in [1.165, 1.54) is 51.4 Å². The summed E-state index contributed by atoms with van der Waals surface area (Å²) in [6.07, 6.45) is 22.3. The Balaban J connectivity index is 3.25. The molecule has 3 heteroatoms. The molecular formula is C20H36O3. The number of aliphatic hydroxyl groups is 1. The molecule has 23 heavy (non-hydrogen) atoms. The third kappa shape index (κ3) is 17.1. The first kappa shape index (κ1) is 21.9. The van der Waals surface area contributed by atoms with E-state index < -0.39 is 12.1 Å². The van der Waals surface area contributed by atoms with Crippen molar-refractivity contribution >= 4 is 5.97 Å². The normalized spacial score (nSPS) is 13.1. The lowest BCUT2D eigenvalue weighted by atomic mass is 10.1. The number of rotatable bonds is 16. The highest BCUT2D eigenvalue weighted by molar-refractivity contribution is 5.71. The first-order valence-corrected chi connectivity index (χ1v) is 9.41. The van der Waals surface area contributed by atoms with Crippen molar-refractivity contribution in [2.45, 2.75) is 96.5 Å². The number of hydrogen-bond donors (Lipinski definition) is 2. The molecule has 0 aromatic rings. The fourth-order valence-electron chi connectivity index (χ4n) is 2.47. The monoisotopic (exact) mass is 324 g/mol. The lowest BCUT2D eigenvalue weighted by Gasteiger charge is -2.04. The van der Waals surface area contributed by atoms with Crippen molar-refractivity contribution in [1.29, 1.82) is 0 Å². The highest BCUT2D eigenvalue weighted by Crippen LogP contribution is 2.10. The van der Waals surface area contributed by atoms with E-state index in [0.717, 1.165) is 25.7 Å². The largest absolute Gasteiger partial charge is 0.479 e. The average Bonchev–Trinajstić information content (AvgIpc) is 2.54. The van der Waals surface area contributed by atoms with Crippen LogP contribution in [-0.4, -0.2) is 22.3 Å². The van der Waals surface area contributed by atoms with Gasteiger partial charge in [0.15, 0.2) is 6.10 Å². The predicted octanol–water partition coefficient (Wildman–Crippen LogP) is 5.64. The van der Waals surface area contributed by atoms with Gasteiger partial charge in [0.2, 0.25) is 0 Å². The molecule has 0 saturated carbocycles. The number of aliphatic hydroxyl groups excluding tert-OH is 1. The second-order valence-electron chi connectivity index (χ2n) is 6.26. The van der Waals surface area contributed by atoms with Gasteiger partial charge in [0.05, 0.1) is 0 Å². The molecule has 1 atom stereocenters. The Morgan fingerprint density at radius 3 is 1.83 bits per heavy atom. The fourth-order valence-corrected chi connectivity index (χ4v) is 2.47. The number of aliphatic carboxylic acids is 1. The Hall–Kier alpha value is -1.09. The summed E-state index contributed by atoms with van der Waals surface area (Å²) < 4.78 is 0. The highest BCUT2D eigenvalue weighted by Gasteiger charge is 2.11. The second kappa shape index (κ2) is 17.3. The van der Waals surface area contributed by atoms with E-state index in [2.05, 4.69) is 31.2 Å². The number of hydrogen-bond acceptors (Lipinski definition) is 2. The molecule has 0 aliphatic carbocycles. The van der Waals surface area contributed by atoms with Crippen LogP contribution in [0.5, 0.6) is 0 Å². The van der Waals surface area contributed by atoms with Crippen LogP contribution in [0.3, 0.4) is 0 Å². The van der Waals surface area contributed by atoms with Gasteiger partial charge in [0.25, 0.3) is 0 Å². The van der Waals surface area contributed by atoms with E-state index in [0.29, 0.717) is 6.42 Å². The van der Waals surface area contributed by atoms with Gasteiger partial charge in [-0.15, -0.1) is 0 Å². The second-order valence-corrected chi connectivity index (χ2v) is 6.26. The molecule has 2 N–H and O–H groups in total. The SMILES string of the molecule is CCCCCC/C=C/C=C\CCCCCCCC[C@H](O)C(=O)O. The fraction of sp³-hybridized carbons (Fsp3) is 0.750. The minimum absolute atomic E-state index is 0.378. The summed E-state index contributed by atoms with van der Waals surface area (Å²) in [5.74, 6) is -1.10. The van der Waals surface area contributed by atoms with Crippen molar-refractivity contribution < 1.29 is 15.0 Å². The smallest absolute Gasteiger partial charge is 0.332 e. The van der Waals surface area contributed by atoms with Crippen molar-refractivity contribution in [2.24, 2.45) is 0 Å². The molecule has 0 bridgehead atoms. The van der Waals surface area contributed by atoms with E-state index >= 15 is 0 Å². The molecule has 0 radical (unpaired) electrons. The maximum absolute atomic E-state index is 10.4. The summed E-state index contributed by atoms with van der Waals surface area (Å²) in [6.45, 7) is 2.24. The van der Waals surface area contributed by atoms with Gasteiger partial charge in [0, 0.05) is 0 Å². The summed E-state index contributed by atoms with van der Waals surface area (Å²) in [4.78, 5) is 10.4. The van der Waals surface area contributed by atoms with Gasteiger partial charge in [-0.1, -0.05) is 82.6 Å². The molecular weight excluding hydrogens is 288 g/mol. The van der Waals surface area contributed by atoms with Crippen molar-refractivity contribution in [3.05, 3.63) is 24.3 Å². The van der Waals surface area contributed by atoms with Gasteiger partial charge in [-0.25, -0.2) is 4.79 Å². The van der Waals surface area contributed by atoms with Gasteiger partial charge in [-0.3, -0.25) is 0 Å². The molecule has 0 amide bonds. The van der Waals surface area contributed by atoms with Crippen LogP contribution in [0.4, 0.5) is 0 Å². The van der Waals surface area contributed by atoms with Crippen LogP contribution in [0, 0.1) is 0 Å². The molecule has 0 saturated heterocycles. The minimum atomic E-state index is -1.18. The molecule has 134 valence electrons. The summed E-state index contributed by atoms with van der Waals surface area (Å²) >= 11 is 0. The summed E-state index contributed by atoms with van der Waals surface area (Å²) in [6, 6.07) is 0. The quantitative estimate of drug-likeness (QED) is 0.285. The van der Waals surface area contributed by atoms with Gasteiger partial charge in [-0.05, 0) is 32.1 Å². The van der Waals surface area contributed by atoms with E-state index in [1.807, 2.05) is 0 Å². The molecule has 0 aliphatic heterocycles. The zero-order chi connectivity index (χ0) is 17.2. The molecule has 0 rings (SSSR count). The van der Waals surface area contributed by atoms with Gasteiger partial charge >= 0.3 is 5.97 Å². The molecule has 0 heterocycles. The van der Waals surface area contributed by atoms with Gasteiger partial charge in [-0.2, -0.15) is 0 Å². The molecule has 0 spiro atoms. The van der Waals surface area contributed by atoms with Crippen LogP contribution < -0.4 is 0 Å². The van der Waals surface area contributed by atoms with Crippen LogP contribution in [-0.2, 0) is 4.79 Å². The van der Waals surface area contributed by atoms with Crippen molar-refractivity contribution in [3.63, 3.8) is 0 Å². The summed E-state index contributed by atoms with van der Waals surface area (Å²) in [7, 11) is 0. The van der Waals surface area contributed by atoms with Crippen molar-refractivity contribution in [1.82, 2.24) is 0 Å². The molecule has 0 aliphatic rings. The number of unbranched alkanes of at least 4 members (excludes halogenated alkanes) is 10. The molecule has 0 aromatic carbocycles. The van der Waals surface area contributed by atoms with Crippen molar-refractivity contribution in [2.75, 3.05) is 0 Å². The molecule has 3 nitrogen and oxygen atoms in total. The van der Waals surface area contributed by atoms with Crippen molar-refractivity contribution in [3.8, 4) is 0 Å². The zero-order valence-electron chi connectivity index (χ0n) is 14.9. The number of carboxylic acid groups (broad SMARTS) is 1.